The molecule has 0 aliphatic heterocycles. The van der Waals surface area contributed by atoms with Gasteiger partial charge in [-0.05, 0) is 61.9 Å². The number of nitrogens with one attached hydrogen (secondary N) is 2. The SMILES string of the molecule is CCOC(=O)c1ccc(NC(=O)c2ccc(C)c(NS(=O)(=O)c3ccccc3)c2)c(Cl)c1. The highest BCUT2D eigenvalue weighted by molar-refractivity contribution is 7.92. The molecular weight excluding hydrogens is 452 g/mol. The summed E-state index contributed by atoms with van der Waals surface area (Å²) in [4.78, 5) is 24.7. The maximum atomic E-state index is 12.7. The number of halogens is 1. The third-order valence-electron chi connectivity index (χ3n) is 4.53. The van der Waals surface area contributed by atoms with E-state index in [0.29, 0.717) is 11.3 Å². The molecule has 3 aromatic rings. The molecule has 32 heavy (non-hydrogen) atoms. The standard InChI is InChI=1S/C23H21ClN2O5S/c1-3-31-23(28)17-11-12-20(19(24)13-17)25-22(27)16-10-9-15(2)21(14-16)26-32(29,30)18-7-5-4-6-8-18/h4-14,26H,3H2,1-2H3,(H,25,27). The number of ether oxygens (including phenoxy) is 1. The van der Waals surface area contributed by atoms with Gasteiger partial charge in [-0.25, -0.2) is 13.2 Å². The van der Waals surface area contributed by atoms with E-state index in [9.17, 15) is 18.0 Å². The zero-order valence-corrected chi connectivity index (χ0v) is 19.0. The maximum Gasteiger partial charge on any atom is 0.338 e. The van der Waals surface area contributed by atoms with E-state index in [1.54, 1.807) is 44.2 Å². The quantitative estimate of drug-likeness (QED) is 0.477. The lowest BCUT2D eigenvalue weighted by Crippen LogP contribution is -2.16. The molecular formula is C23H21ClN2O5S. The van der Waals surface area contributed by atoms with Crippen LogP contribution in [0.25, 0.3) is 0 Å². The first-order valence-electron chi connectivity index (χ1n) is 9.68. The van der Waals surface area contributed by atoms with Gasteiger partial charge in [-0.1, -0.05) is 35.9 Å². The van der Waals surface area contributed by atoms with Gasteiger partial charge in [0, 0.05) is 5.56 Å². The monoisotopic (exact) mass is 472 g/mol. The lowest BCUT2D eigenvalue weighted by Gasteiger charge is -2.13. The van der Waals surface area contributed by atoms with Crippen LogP contribution in [-0.4, -0.2) is 26.9 Å². The van der Waals surface area contributed by atoms with E-state index >= 15 is 0 Å². The van der Waals surface area contributed by atoms with E-state index < -0.39 is 21.9 Å². The molecule has 0 aromatic heterocycles. The Kier molecular flexibility index (Phi) is 7.17. The van der Waals surface area contributed by atoms with Crippen LogP contribution in [-0.2, 0) is 14.8 Å². The molecule has 0 aliphatic rings. The fourth-order valence-corrected chi connectivity index (χ4v) is 4.20. The fraction of sp³-hybridized carbons (Fsp3) is 0.130. The molecule has 0 heterocycles. The Morgan fingerprint density at radius 2 is 1.62 bits per heavy atom. The average molecular weight is 473 g/mol. The highest BCUT2D eigenvalue weighted by Crippen LogP contribution is 2.26. The van der Waals surface area contributed by atoms with Crippen LogP contribution < -0.4 is 10.0 Å². The largest absolute Gasteiger partial charge is 0.462 e. The second-order valence-corrected chi connectivity index (χ2v) is 8.91. The van der Waals surface area contributed by atoms with E-state index in [-0.39, 0.29) is 33.3 Å². The molecule has 0 radical (unpaired) electrons. The maximum absolute atomic E-state index is 12.7. The van der Waals surface area contributed by atoms with Crippen molar-refractivity contribution < 1.29 is 22.7 Å². The number of carbonyl (C=O) groups is 2. The molecule has 0 saturated heterocycles. The molecule has 0 spiro atoms. The Balaban J connectivity index is 1.81. The second-order valence-electron chi connectivity index (χ2n) is 6.82. The van der Waals surface area contributed by atoms with Crippen LogP contribution in [0.5, 0.6) is 0 Å². The van der Waals surface area contributed by atoms with Crippen molar-refractivity contribution in [3.05, 3.63) is 88.4 Å². The topological polar surface area (TPSA) is 102 Å². The van der Waals surface area contributed by atoms with Crippen molar-refractivity contribution in [1.29, 1.82) is 0 Å². The van der Waals surface area contributed by atoms with Crippen molar-refractivity contribution in [2.24, 2.45) is 0 Å². The molecule has 3 rings (SSSR count). The Morgan fingerprint density at radius 1 is 0.938 bits per heavy atom. The van der Waals surface area contributed by atoms with E-state index in [2.05, 4.69) is 10.0 Å². The van der Waals surface area contributed by atoms with Crippen molar-refractivity contribution in [2.75, 3.05) is 16.6 Å². The molecule has 0 atom stereocenters. The number of amides is 1. The van der Waals surface area contributed by atoms with Crippen molar-refractivity contribution >= 4 is 44.9 Å². The Bertz CT molecular complexity index is 1260. The van der Waals surface area contributed by atoms with Gasteiger partial charge in [0.15, 0.2) is 0 Å². The number of anilines is 2. The van der Waals surface area contributed by atoms with Gasteiger partial charge in [0.05, 0.1) is 33.5 Å². The Labute approximate surface area is 191 Å². The summed E-state index contributed by atoms with van der Waals surface area (Å²) in [6.45, 7) is 3.66. The van der Waals surface area contributed by atoms with E-state index in [4.69, 9.17) is 16.3 Å². The number of benzene rings is 3. The average Bonchev–Trinajstić information content (AvgIpc) is 2.77. The predicted molar refractivity (Wildman–Crippen MR) is 124 cm³/mol. The Morgan fingerprint density at radius 3 is 2.28 bits per heavy atom. The summed E-state index contributed by atoms with van der Waals surface area (Å²) in [7, 11) is -3.81. The van der Waals surface area contributed by atoms with Crippen molar-refractivity contribution in [3.63, 3.8) is 0 Å². The van der Waals surface area contributed by atoms with Crippen LogP contribution in [0.2, 0.25) is 5.02 Å². The summed E-state index contributed by atoms with van der Waals surface area (Å²) < 4.78 is 32.7. The first-order valence-corrected chi connectivity index (χ1v) is 11.5. The zero-order valence-electron chi connectivity index (χ0n) is 17.4. The molecule has 0 saturated carbocycles. The van der Waals surface area contributed by atoms with Crippen molar-refractivity contribution in [3.8, 4) is 0 Å². The van der Waals surface area contributed by atoms with E-state index in [0.717, 1.165) is 0 Å². The number of hydrogen-bond acceptors (Lipinski definition) is 5. The zero-order chi connectivity index (χ0) is 23.3. The third kappa shape index (κ3) is 5.46. The van der Waals surface area contributed by atoms with Crippen molar-refractivity contribution in [2.45, 2.75) is 18.7 Å². The highest BCUT2D eigenvalue weighted by Gasteiger charge is 2.17. The summed E-state index contributed by atoms with van der Waals surface area (Å²) in [6.07, 6.45) is 0. The molecule has 0 aliphatic carbocycles. The van der Waals surface area contributed by atoms with Crippen molar-refractivity contribution in [1.82, 2.24) is 0 Å². The number of carbonyl (C=O) groups excluding carboxylic acids is 2. The second kappa shape index (κ2) is 9.84. The predicted octanol–water partition coefficient (Wildman–Crippen LogP) is 4.88. The van der Waals surface area contributed by atoms with Gasteiger partial charge >= 0.3 is 5.97 Å². The van der Waals surface area contributed by atoms with Crippen LogP contribution in [0.1, 0.15) is 33.2 Å². The minimum absolute atomic E-state index is 0.114. The molecule has 0 bridgehead atoms. The van der Waals surface area contributed by atoms with E-state index in [1.165, 1.54) is 36.4 Å². The van der Waals surface area contributed by atoms with Crippen LogP contribution in [0, 0.1) is 6.92 Å². The molecule has 3 aromatic carbocycles. The number of rotatable bonds is 7. The molecule has 1 amide bonds. The summed E-state index contributed by atoms with van der Waals surface area (Å²) in [6, 6.07) is 17.0. The molecule has 7 nitrogen and oxygen atoms in total. The number of aryl methyl sites for hydroxylation is 1. The van der Waals surface area contributed by atoms with Gasteiger partial charge < -0.3 is 10.1 Å². The Hall–Kier alpha value is -3.36. The number of sulfonamides is 1. The number of esters is 1. The lowest BCUT2D eigenvalue weighted by molar-refractivity contribution is 0.0526. The molecule has 0 unspecified atom stereocenters. The summed E-state index contributed by atoms with van der Waals surface area (Å²) in [5.41, 5.74) is 1.73. The van der Waals surface area contributed by atoms with Gasteiger partial charge in [0.25, 0.3) is 15.9 Å². The minimum atomic E-state index is -3.81. The van der Waals surface area contributed by atoms with Crippen LogP contribution in [0.15, 0.2) is 71.6 Å². The first-order chi connectivity index (χ1) is 15.2. The third-order valence-corrected chi connectivity index (χ3v) is 6.22. The van der Waals surface area contributed by atoms with Crippen LogP contribution in [0.4, 0.5) is 11.4 Å². The highest BCUT2D eigenvalue weighted by atomic mass is 35.5. The van der Waals surface area contributed by atoms with Gasteiger partial charge in [0.2, 0.25) is 0 Å². The van der Waals surface area contributed by atoms with Gasteiger partial charge in [0.1, 0.15) is 0 Å². The smallest absolute Gasteiger partial charge is 0.338 e. The van der Waals surface area contributed by atoms with Gasteiger partial charge in [-0.2, -0.15) is 0 Å². The summed E-state index contributed by atoms with van der Waals surface area (Å²) >= 11 is 6.20. The summed E-state index contributed by atoms with van der Waals surface area (Å²) in [5, 5.41) is 2.83. The summed E-state index contributed by atoms with van der Waals surface area (Å²) in [5.74, 6) is -1.00. The van der Waals surface area contributed by atoms with Crippen LogP contribution in [0.3, 0.4) is 0 Å². The first kappa shape index (κ1) is 23.3. The van der Waals surface area contributed by atoms with Gasteiger partial charge in [-0.15, -0.1) is 0 Å². The molecule has 0 fully saturated rings. The molecule has 166 valence electrons. The number of hydrogen-bond donors (Lipinski definition) is 2. The fourth-order valence-electron chi connectivity index (χ4n) is 2.83. The van der Waals surface area contributed by atoms with Crippen LogP contribution >= 0.6 is 11.6 Å². The molecule has 2 N–H and O–H groups in total. The molecule has 9 heteroatoms. The van der Waals surface area contributed by atoms with Gasteiger partial charge in [-0.3, -0.25) is 9.52 Å². The van der Waals surface area contributed by atoms with E-state index in [1.807, 2.05) is 0 Å². The minimum Gasteiger partial charge on any atom is -0.462 e. The normalized spacial score (nSPS) is 11.0. The lowest BCUT2D eigenvalue weighted by atomic mass is 10.1.